The van der Waals surface area contributed by atoms with Crippen LogP contribution in [0.1, 0.15) is 90.3 Å². The number of aryl methyl sites for hydroxylation is 1. The van der Waals surface area contributed by atoms with Gasteiger partial charge >= 0.3 is 0 Å². The summed E-state index contributed by atoms with van der Waals surface area (Å²) >= 11 is 9.61. The molecule has 2 aromatic carbocycles. The standard InChI is InChI=1S/C52H66ClFN10O7S2/c1-31-45(72-30-59-31)33-9-10-34(24-58-47(68)37-22-35(65)27-64(37)48(69)46(50(2,3)4)61-49(70)52(54)13-14-52)38(21-33)71-28-32-11-17-63(18-12-32)43(67)23-41(66)60-36-7-6-8-39(44(36)53)73-42-26-56-40(25-57-42)62-19-15-51(5,29-55)16-20-62/h6-10,21,25-26,30,32,35,37,46,65H,11-20,22-24,27-29,55H2,1-5H3,(H,58,68)(H,60,66)(H,61,70)/t35?,37?,46-/m1/s1. The zero-order chi connectivity index (χ0) is 52.2. The molecule has 4 aromatic rings. The fourth-order valence-electron chi connectivity index (χ4n) is 9.38. The first-order chi connectivity index (χ1) is 34.7. The number of β-amino-alcohol motifs (C(OH)–C–C–N with tert-alkyl or cyclic N) is 1. The maximum absolute atomic E-state index is 14.7. The number of aliphatic hydroxyl groups excluding tert-OH is 1. The van der Waals surface area contributed by atoms with Crippen LogP contribution in [-0.4, -0.2) is 129 Å². The molecule has 5 heterocycles. The molecule has 3 saturated heterocycles. The minimum absolute atomic E-state index is 0.00183. The lowest BCUT2D eigenvalue weighted by atomic mass is 9.80. The first-order valence-electron chi connectivity index (χ1n) is 25.0. The van der Waals surface area contributed by atoms with Gasteiger partial charge in [0, 0.05) is 56.1 Å². The number of nitrogens with one attached hydrogen (secondary N) is 3. The van der Waals surface area contributed by atoms with Gasteiger partial charge in [-0.3, -0.25) is 24.0 Å². The van der Waals surface area contributed by atoms with Gasteiger partial charge in [0.05, 0.1) is 51.9 Å². The summed E-state index contributed by atoms with van der Waals surface area (Å²) in [7, 11) is 0. The second-order valence-corrected chi connectivity index (χ2v) is 23.5. The first kappa shape index (κ1) is 53.9. The minimum Gasteiger partial charge on any atom is -0.493 e. The maximum Gasteiger partial charge on any atom is 0.258 e. The molecular weight excluding hydrogens is 995 g/mol. The van der Waals surface area contributed by atoms with Crippen molar-refractivity contribution in [2.45, 2.75) is 126 Å². The van der Waals surface area contributed by atoms with Gasteiger partial charge in [-0.25, -0.2) is 19.3 Å². The van der Waals surface area contributed by atoms with Crippen molar-refractivity contribution < 1.29 is 38.2 Å². The van der Waals surface area contributed by atoms with Gasteiger partial charge in [-0.1, -0.05) is 69.3 Å². The monoisotopic (exact) mass is 1060 g/mol. The van der Waals surface area contributed by atoms with Crippen LogP contribution in [0.2, 0.25) is 5.02 Å². The summed E-state index contributed by atoms with van der Waals surface area (Å²) in [6.07, 6.45) is 5.63. The molecule has 73 heavy (non-hydrogen) atoms. The van der Waals surface area contributed by atoms with Crippen LogP contribution >= 0.6 is 34.7 Å². The summed E-state index contributed by atoms with van der Waals surface area (Å²) in [4.78, 5) is 87.8. The van der Waals surface area contributed by atoms with Crippen molar-refractivity contribution in [3.8, 4) is 16.2 Å². The number of hydrogen-bond donors (Lipinski definition) is 5. The third-order valence-electron chi connectivity index (χ3n) is 14.5. The van der Waals surface area contributed by atoms with Gasteiger partial charge in [-0.2, -0.15) is 0 Å². The Labute approximate surface area is 438 Å². The van der Waals surface area contributed by atoms with E-state index >= 15 is 0 Å². The number of anilines is 2. The van der Waals surface area contributed by atoms with E-state index in [2.05, 4.69) is 42.7 Å². The molecule has 392 valence electrons. The van der Waals surface area contributed by atoms with Gasteiger partial charge in [0.25, 0.3) is 5.91 Å². The smallest absolute Gasteiger partial charge is 0.258 e. The SMILES string of the molecule is Cc1ncsc1-c1ccc(CNC(=O)C2CC(O)CN2C(=O)[C@@H](NC(=O)C2(F)CC2)C(C)(C)C)c(OCC2CCN(C(=O)CC(=O)Nc3cccc(Sc4cnc(N5CCC(C)(CN)CC5)cn4)c3Cl)CC2)c1. The molecule has 3 atom stereocenters. The van der Waals surface area contributed by atoms with Crippen molar-refractivity contribution >= 4 is 75.7 Å². The van der Waals surface area contributed by atoms with E-state index in [-0.39, 0.29) is 56.0 Å². The van der Waals surface area contributed by atoms with E-state index in [1.165, 1.54) is 28.0 Å². The van der Waals surface area contributed by atoms with Crippen molar-refractivity contribution in [3.05, 3.63) is 70.6 Å². The number of nitrogens with zero attached hydrogens (tertiary/aromatic N) is 6. The van der Waals surface area contributed by atoms with E-state index in [4.69, 9.17) is 22.1 Å². The van der Waals surface area contributed by atoms with Crippen LogP contribution in [0.5, 0.6) is 5.75 Å². The zero-order valence-corrected chi connectivity index (χ0v) is 44.4. The number of alkyl halides is 1. The fourth-order valence-corrected chi connectivity index (χ4v) is 11.3. The van der Waals surface area contributed by atoms with Crippen molar-refractivity contribution in [2.24, 2.45) is 22.5 Å². The summed E-state index contributed by atoms with van der Waals surface area (Å²) in [6, 6.07) is 8.90. The quantitative estimate of drug-likeness (QED) is 0.0710. The van der Waals surface area contributed by atoms with Crippen molar-refractivity contribution in [1.29, 1.82) is 0 Å². The highest BCUT2D eigenvalue weighted by molar-refractivity contribution is 7.99. The van der Waals surface area contributed by atoms with Crippen molar-refractivity contribution in [2.75, 3.05) is 56.1 Å². The second-order valence-electron chi connectivity index (χ2n) is 21.2. The number of thiazole rings is 1. The lowest BCUT2D eigenvalue weighted by Crippen LogP contribution is -2.59. The Morgan fingerprint density at radius 2 is 1.77 bits per heavy atom. The molecule has 4 aliphatic rings. The average Bonchev–Trinajstić information content (AvgIpc) is 3.78. The van der Waals surface area contributed by atoms with Gasteiger partial charge in [0.1, 0.15) is 35.1 Å². The predicted molar refractivity (Wildman–Crippen MR) is 279 cm³/mol. The van der Waals surface area contributed by atoms with Gasteiger partial charge in [-0.15, -0.1) is 11.3 Å². The number of hydrogen-bond acceptors (Lipinski definition) is 14. The zero-order valence-electron chi connectivity index (χ0n) is 42.0. The van der Waals surface area contributed by atoms with E-state index in [0.717, 1.165) is 47.9 Å². The number of piperidine rings is 2. The Morgan fingerprint density at radius 1 is 1.03 bits per heavy atom. The largest absolute Gasteiger partial charge is 0.493 e. The Kier molecular flexibility index (Phi) is 16.7. The molecular formula is C52H66ClFN10O7S2. The number of ether oxygens (including phenoxy) is 1. The van der Waals surface area contributed by atoms with Crippen molar-refractivity contribution in [1.82, 2.24) is 35.4 Å². The number of aliphatic hydroxyl groups is 1. The fraction of sp³-hybridized carbons (Fsp3) is 0.538. The third kappa shape index (κ3) is 13.1. The van der Waals surface area contributed by atoms with E-state index in [1.54, 1.807) is 55.7 Å². The summed E-state index contributed by atoms with van der Waals surface area (Å²) in [5.41, 5.74) is 7.94. The lowest BCUT2D eigenvalue weighted by Gasteiger charge is -2.39. The van der Waals surface area contributed by atoms with E-state index in [0.29, 0.717) is 71.0 Å². The van der Waals surface area contributed by atoms with Gasteiger partial charge in [0.15, 0.2) is 5.67 Å². The van der Waals surface area contributed by atoms with Gasteiger partial charge < -0.3 is 46.2 Å². The van der Waals surface area contributed by atoms with E-state index in [9.17, 15) is 33.5 Å². The molecule has 2 unspecified atom stereocenters. The topological polar surface area (TPSA) is 225 Å². The number of rotatable bonds is 17. The Balaban J connectivity index is 0.834. The Hall–Kier alpha value is -5.41. The maximum atomic E-state index is 14.7. The van der Waals surface area contributed by atoms with Crippen LogP contribution in [-0.2, 0) is 30.5 Å². The number of carbonyl (C=O) groups is 5. The molecule has 5 amide bonds. The summed E-state index contributed by atoms with van der Waals surface area (Å²) < 4.78 is 21.2. The van der Waals surface area contributed by atoms with Gasteiger partial charge in [0.2, 0.25) is 23.6 Å². The van der Waals surface area contributed by atoms with Crippen LogP contribution in [0.3, 0.4) is 0 Å². The highest BCUT2D eigenvalue weighted by atomic mass is 35.5. The molecule has 0 radical (unpaired) electrons. The normalized spacial score (nSPS) is 20.0. The lowest BCUT2D eigenvalue weighted by molar-refractivity contribution is -0.145. The molecule has 0 bridgehead atoms. The summed E-state index contributed by atoms with van der Waals surface area (Å²) in [5.74, 6) is -1.21. The van der Waals surface area contributed by atoms with Crippen LogP contribution in [0.4, 0.5) is 15.9 Å². The molecule has 21 heteroatoms. The molecule has 1 saturated carbocycles. The average molecular weight is 1060 g/mol. The summed E-state index contributed by atoms with van der Waals surface area (Å²) in [6.45, 7) is 13.0. The highest BCUT2D eigenvalue weighted by Gasteiger charge is 2.53. The van der Waals surface area contributed by atoms with Crippen molar-refractivity contribution in [3.63, 3.8) is 0 Å². The number of nitrogens with two attached hydrogens (primary N) is 1. The molecule has 17 nitrogen and oxygen atoms in total. The molecule has 6 N–H and O–H groups in total. The number of halogens is 2. The van der Waals surface area contributed by atoms with Crippen LogP contribution < -0.4 is 31.3 Å². The number of amides is 5. The van der Waals surface area contributed by atoms with Crippen LogP contribution in [0.25, 0.3) is 10.4 Å². The third-order valence-corrected chi connectivity index (χ3v) is 17.0. The molecule has 0 spiro atoms. The van der Waals surface area contributed by atoms with Crippen LogP contribution in [0, 0.1) is 23.7 Å². The number of carbonyl (C=O) groups excluding carboxylic acids is 5. The second kappa shape index (κ2) is 22.6. The predicted octanol–water partition coefficient (Wildman–Crippen LogP) is 6.54. The highest BCUT2D eigenvalue weighted by Crippen LogP contribution is 2.41. The first-order valence-corrected chi connectivity index (χ1v) is 27.0. The number of aromatic nitrogens is 3. The molecule has 3 aliphatic heterocycles. The van der Waals surface area contributed by atoms with Crippen LogP contribution in [0.15, 0.2) is 64.2 Å². The molecule has 4 fully saturated rings. The number of benzene rings is 2. The van der Waals surface area contributed by atoms with Gasteiger partial charge in [-0.05, 0) is 92.5 Å². The molecule has 2 aromatic heterocycles. The minimum atomic E-state index is -1.99. The molecule has 1 aliphatic carbocycles. The Bertz CT molecular complexity index is 2670. The van der Waals surface area contributed by atoms with E-state index in [1.807, 2.05) is 31.2 Å². The van der Waals surface area contributed by atoms with E-state index < -0.39 is 52.9 Å². The summed E-state index contributed by atoms with van der Waals surface area (Å²) in [5, 5.41) is 20.0. The number of likely N-dealkylation sites (tertiary alicyclic amines) is 2. The Morgan fingerprint density at radius 3 is 2.41 bits per heavy atom. The molecule has 8 rings (SSSR count).